The van der Waals surface area contributed by atoms with E-state index in [2.05, 4.69) is 54.4 Å². The maximum Gasteiger partial charge on any atom is 0.151 e. The highest BCUT2D eigenvalue weighted by atomic mass is 16.3. The lowest BCUT2D eigenvalue weighted by Crippen LogP contribution is -3.13. The van der Waals surface area contributed by atoms with E-state index in [-0.39, 0.29) is 6.04 Å². The molecule has 3 aromatic rings. The number of piperidine rings is 1. The van der Waals surface area contributed by atoms with Crippen LogP contribution < -0.4 is 4.90 Å². The molecule has 3 heteroatoms. The molecule has 0 saturated carbocycles. The number of quaternary nitrogens is 1. The van der Waals surface area contributed by atoms with Gasteiger partial charge in [-0.05, 0) is 30.9 Å². The Morgan fingerprint density at radius 1 is 1.00 bits per heavy atom. The van der Waals surface area contributed by atoms with Crippen LogP contribution in [0, 0.1) is 5.92 Å². The first kappa shape index (κ1) is 16.1. The topological polar surface area (TPSA) is 37.6 Å². The van der Waals surface area contributed by atoms with Crippen molar-refractivity contribution in [2.24, 2.45) is 5.92 Å². The number of likely N-dealkylation sites (tertiary alicyclic amines) is 1. The number of nitrogens with zero attached hydrogens (tertiary/aromatic N) is 1. The van der Waals surface area contributed by atoms with Gasteiger partial charge in [-0.15, -0.1) is 0 Å². The Hall–Kier alpha value is -2.39. The highest BCUT2D eigenvalue weighted by Gasteiger charge is 2.32. The quantitative estimate of drug-likeness (QED) is 0.771. The average molecular weight is 333 g/mol. The summed E-state index contributed by atoms with van der Waals surface area (Å²) in [5, 5.41) is 12.0. The molecule has 0 aliphatic carbocycles. The summed E-state index contributed by atoms with van der Waals surface area (Å²) in [5.74, 6) is 1.13. The third kappa shape index (κ3) is 3.12. The Kier molecular flexibility index (Phi) is 4.41. The van der Waals surface area contributed by atoms with Crippen LogP contribution in [0.2, 0.25) is 0 Å². The number of nitrogens with one attached hydrogen (secondary N) is 1. The molecule has 0 radical (unpaired) electrons. The average Bonchev–Trinajstić information content (AvgIpc) is 2.66. The van der Waals surface area contributed by atoms with Crippen molar-refractivity contribution in [2.45, 2.75) is 25.8 Å². The standard InChI is InChI=1S/C22H24N2O/c1-16-11-14-24(15-12-16)21(18-6-3-2-4-7-18)19-10-9-17-8-5-13-23-20(17)22(19)25/h2-10,13,16,21,25H,11-12,14-15H2,1H3/p+1/t21-/m0/s1. The normalized spacial score (nSPS) is 22.0. The van der Waals surface area contributed by atoms with Gasteiger partial charge in [-0.25, -0.2) is 0 Å². The third-order valence-corrected chi connectivity index (χ3v) is 5.55. The number of aromatic hydroxyl groups is 1. The highest BCUT2D eigenvalue weighted by molar-refractivity contribution is 5.85. The minimum atomic E-state index is 0.153. The second-order valence-corrected chi connectivity index (χ2v) is 7.26. The van der Waals surface area contributed by atoms with Crippen LogP contribution in [0.3, 0.4) is 0 Å². The summed E-state index contributed by atoms with van der Waals surface area (Å²) in [6, 6.07) is 18.8. The predicted octanol–water partition coefficient (Wildman–Crippen LogP) is 3.34. The largest absolute Gasteiger partial charge is 0.505 e. The summed E-state index contributed by atoms with van der Waals surface area (Å²) in [5.41, 5.74) is 2.95. The van der Waals surface area contributed by atoms with Crippen molar-refractivity contribution in [1.29, 1.82) is 0 Å². The molecule has 2 aromatic carbocycles. The summed E-state index contributed by atoms with van der Waals surface area (Å²) in [7, 11) is 0. The number of rotatable bonds is 3. The van der Waals surface area contributed by atoms with E-state index in [1.54, 1.807) is 6.20 Å². The number of hydrogen-bond acceptors (Lipinski definition) is 2. The van der Waals surface area contributed by atoms with E-state index in [1.807, 2.05) is 12.1 Å². The predicted molar refractivity (Wildman–Crippen MR) is 101 cm³/mol. The summed E-state index contributed by atoms with van der Waals surface area (Å²) in [6.07, 6.45) is 4.23. The molecule has 0 bridgehead atoms. The molecule has 4 rings (SSSR count). The third-order valence-electron chi connectivity index (χ3n) is 5.55. The van der Waals surface area contributed by atoms with E-state index in [9.17, 15) is 5.11 Å². The molecule has 0 amide bonds. The molecule has 1 aliphatic rings. The Balaban J connectivity index is 1.82. The lowest BCUT2D eigenvalue weighted by molar-refractivity contribution is -0.931. The number of hydrogen-bond donors (Lipinski definition) is 2. The number of aromatic nitrogens is 1. The first-order valence-electron chi connectivity index (χ1n) is 9.20. The van der Waals surface area contributed by atoms with Gasteiger partial charge in [0, 0.05) is 17.1 Å². The van der Waals surface area contributed by atoms with Crippen LogP contribution in [0.25, 0.3) is 10.9 Å². The van der Waals surface area contributed by atoms with E-state index in [0.717, 1.165) is 30.0 Å². The summed E-state index contributed by atoms with van der Waals surface area (Å²) < 4.78 is 0. The minimum absolute atomic E-state index is 0.153. The SMILES string of the molecule is CC1CC[NH+]([C@@H](c2ccccc2)c2ccc3cccnc3c2O)CC1. The maximum atomic E-state index is 11.0. The Morgan fingerprint density at radius 2 is 1.76 bits per heavy atom. The molecule has 1 atom stereocenters. The molecule has 0 spiro atoms. The molecule has 1 saturated heterocycles. The molecule has 3 nitrogen and oxygen atoms in total. The number of fused-ring (bicyclic) bond motifs is 1. The zero-order valence-corrected chi connectivity index (χ0v) is 14.7. The zero-order chi connectivity index (χ0) is 17.2. The van der Waals surface area contributed by atoms with Crippen LogP contribution in [0.5, 0.6) is 5.75 Å². The van der Waals surface area contributed by atoms with Gasteiger partial charge in [-0.2, -0.15) is 0 Å². The lowest BCUT2D eigenvalue weighted by Gasteiger charge is -2.34. The first-order chi connectivity index (χ1) is 12.2. The van der Waals surface area contributed by atoms with Crippen molar-refractivity contribution in [3.8, 4) is 5.75 Å². The fourth-order valence-electron chi connectivity index (χ4n) is 4.08. The highest BCUT2D eigenvalue weighted by Crippen LogP contribution is 2.33. The smallest absolute Gasteiger partial charge is 0.151 e. The molecule has 2 N–H and O–H groups in total. The van der Waals surface area contributed by atoms with Crippen LogP contribution in [0.15, 0.2) is 60.8 Å². The van der Waals surface area contributed by atoms with Crippen LogP contribution in [-0.2, 0) is 0 Å². The zero-order valence-electron chi connectivity index (χ0n) is 14.7. The van der Waals surface area contributed by atoms with Crippen LogP contribution in [0.1, 0.15) is 36.9 Å². The van der Waals surface area contributed by atoms with Gasteiger partial charge in [0.1, 0.15) is 11.6 Å². The minimum Gasteiger partial charge on any atom is -0.505 e. The Labute approximate surface area is 148 Å². The van der Waals surface area contributed by atoms with Crippen molar-refractivity contribution >= 4 is 10.9 Å². The first-order valence-corrected chi connectivity index (χ1v) is 9.20. The maximum absolute atomic E-state index is 11.0. The monoisotopic (exact) mass is 333 g/mol. The van der Waals surface area contributed by atoms with Gasteiger partial charge < -0.3 is 10.0 Å². The molecule has 25 heavy (non-hydrogen) atoms. The van der Waals surface area contributed by atoms with Gasteiger partial charge in [0.15, 0.2) is 5.75 Å². The van der Waals surface area contributed by atoms with E-state index < -0.39 is 0 Å². The van der Waals surface area contributed by atoms with Crippen molar-refractivity contribution in [3.05, 3.63) is 71.9 Å². The molecule has 1 fully saturated rings. The number of phenolic OH excluding ortho intramolecular Hbond substituents is 1. The molecule has 1 aliphatic heterocycles. The van der Waals surface area contributed by atoms with Gasteiger partial charge >= 0.3 is 0 Å². The van der Waals surface area contributed by atoms with Gasteiger partial charge in [0.25, 0.3) is 0 Å². The number of benzene rings is 2. The molecular weight excluding hydrogens is 308 g/mol. The van der Waals surface area contributed by atoms with Crippen LogP contribution >= 0.6 is 0 Å². The number of pyridine rings is 1. The van der Waals surface area contributed by atoms with E-state index in [0.29, 0.717) is 11.3 Å². The van der Waals surface area contributed by atoms with Gasteiger partial charge in [0.05, 0.1) is 18.7 Å². The Bertz CT molecular complexity index is 854. The van der Waals surface area contributed by atoms with Crippen molar-refractivity contribution in [2.75, 3.05) is 13.1 Å². The van der Waals surface area contributed by atoms with Gasteiger partial charge in [0.2, 0.25) is 0 Å². The van der Waals surface area contributed by atoms with Crippen LogP contribution in [0.4, 0.5) is 0 Å². The lowest BCUT2D eigenvalue weighted by atomic mass is 9.91. The van der Waals surface area contributed by atoms with Crippen molar-refractivity contribution in [1.82, 2.24) is 4.98 Å². The summed E-state index contributed by atoms with van der Waals surface area (Å²) >= 11 is 0. The van der Waals surface area contributed by atoms with Crippen molar-refractivity contribution < 1.29 is 10.0 Å². The fourth-order valence-corrected chi connectivity index (χ4v) is 4.08. The van der Waals surface area contributed by atoms with E-state index >= 15 is 0 Å². The molecule has 2 heterocycles. The molecule has 0 unspecified atom stereocenters. The molecular formula is C22H25N2O+. The summed E-state index contributed by atoms with van der Waals surface area (Å²) in [6.45, 7) is 4.62. The van der Waals surface area contributed by atoms with E-state index in [4.69, 9.17) is 0 Å². The molecule has 1 aromatic heterocycles. The number of phenols is 1. The van der Waals surface area contributed by atoms with E-state index in [1.165, 1.54) is 23.3 Å². The molecule has 128 valence electrons. The van der Waals surface area contributed by atoms with Crippen molar-refractivity contribution in [3.63, 3.8) is 0 Å². The van der Waals surface area contributed by atoms with Gasteiger partial charge in [-0.3, -0.25) is 4.98 Å². The fraction of sp³-hybridized carbons (Fsp3) is 0.318. The second kappa shape index (κ2) is 6.85. The van der Waals surface area contributed by atoms with Crippen LogP contribution in [-0.4, -0.2) is 23.2 Å². The second-order valence-electron chi connectivity index (χ2n) is 7.26. The Morgan fingerprint density at radius 3 is 2.52 bits per heavy atom. The van der Waals surface area contributed by atoms with Gasteiger partial charge in [-0.1, -0.05) is 49.4 Å². The summed E-state index contributed by atoms with van der Waals surface area (Å²) in [4.78, 5) is 5.95.